The van der Waals surface area contributed by atoms with Crippen molar-refractivity contribution < 1.29 is 27.4 Å². The van der Waals surface area contributed by atoms with Gasteiger partial charge in [0, 0.05) is 42.0 Å². The first kappa shape index (κ1) is 23.6. The minimum absolute atomic E-state index is 0.0100. The van der Waals surface area contributed by atoms with Crippen molar-refractivity contribution in [2.45, 2.75) is 38.0 Å². The van der Waals surface area contributed by atoms with Crippen molar-refractivity contribution in [1.82, 2.24) is 20.3 Å². The van der Waals surface area contributed by atoms with E-state index in [9.17, 15) is 18.0 Å². The maximum absolute atomic E-state index is 13.9. The van der Waals surface area contributed by atoms with Crippen molar-refractivity contribution in [3.63, 3.8) is 0 Å². The number of alkyl halides is 3. The molecule has 2 atom stereocenters. The highest BCUT2D eigenvalue weighted by molar-refractivity contribution is 6.03. The van der Waals surface area contributed by atoms with Crippen LogP contribution in [-0.4, -0.2) is 53.9 Å². The Kier molecular flexibility index (Phi) is 6.51. The van der Waals surface area contributed by atoms with Gasteiger partial charge in [-0.25, -0.2) is 14.8 Å². The number of methoxy groups -OCH3 is 2. The molecule has 34 heavy (non-hydrogen) atoms. The van der Waals surface area contributed by atoms with Crippen LogP contribution < -0.4 is 20.7 Å². The molecule has 9 nitrogen and oxygen atoms in total. The molecule has 3 heterocycles. The number of benzene rings is 1. The van der Waals surface area contributed by atoms with Gasteiger partial charge in [-0.2, -0.15) is 13.2 Å². The SMILES string of the molecule is COC(=O)Nc1ccc2c(-c3nc(N[C@H]4CC[C@H](C)NC4)ncc3C(F)(F)F)c[nH]c2c1OC. The first-order valence-corrected chi connectivity index (χ1v) is 10.7. The fraction of sp³-hybridized carbons (Fsp3) is 0.409. The third kappa shape index (κ3) is 4.72. The summed E-state index contributed by atoms with van der Waals surface area (Å²) in [6, 6.07) is 3.51. The molecule has 12 heteroatoms. The van der Waals surface area contributed by atoms with Gasteiger partial charge >= 0.3 is 12.3 Å². The van der Waals surface area contributed by atoms with Gasteiger partial charge in [-0.3, -0.25) is 5.32 Å². The molecule has 4 rings (SSSR count). The second kappa shape index (κ2) is 9.37. The van der Waals surface area contributed by atoms with E-state index in [1.54, 1.807) is 6.07 Å². The van der Waals surface area contributed by atoms with E-state index in [1.165, 1.54) is 26.5 Å². The number of H-pyrrole nitrogens is 1. The van der Waals surface area contributed by atoms with Gasteiger partial charge < -0.3 is 25.1 Å². The maximum atomic E-state index is 13.9. The summed E-state index contributed by atoms with van der Waals surface area (Å²) < 4.78 is 51.6. The number of nitrogens with zero attached hydrogens (tertiary/aromatic N) is 2. The summed E-state index contributed by atoms with van der Waals surface area (Å²) >= 11 is 0. The van der Waals surface area contributed by atoms with Crippen molar-refractivity contribution in [2.24, 2.45) is 0 Å². The first-order valence-electron chi connectivity index (χ1n) is 10.7. The Morgan fingerprint density at radius 1 is 1.24 bits per heavy atom. The first-order chi connectivity index (χ1) is 16.2. The second-order valence-electron chi connectivity index (χ2n) is 8.07. The zero-order valence-electron chi connectivity index (χ0n) is 18.8. The number of hydrogen-bond acceptors (Lipinski definition) is 7. The number of nitrogens with one attached hydrogen (secondary N) is 4. The van der Waals surface area contributed by atoms with E-state index in [4.69, 9.17) is 4.74 Å². The summed E-state index contributed by atoms with van der Waals surface area (Å²) in [7, 11) is 2.61. The lowest BCUT2D eigenvalue weighted by atomic mass is 10.0. The summed E-state index contributed by atoms with van der Waals surface area (Å²) in [6.45, 7) is 2.75. The van der Waals surface area contributed by atoms with Crippen LogP contribution in [0.4, 0.5) is 29.6 Å². The monoisotopic (exact) mass is 478 g/mol. The van der Waals surface area contributed by atoms with Gasteiger partial charge in [0.25, 0.3) is 0 Å². The molecule has 2 aromatic heterocycles. The summed E-state index contributed by atoms with van der Waals surface area (Å²) in [5.74, 6) is 0.368. The van der Waals surface area contributed by atoms with Crippen LogP contribution in [0.2, 0.25) is 0 Å². The molecular formula is C22H25F3N6O3. The van der Waals surface area contributed by atoms with Crippen LogP contribution in [0.5, 0.6) is 5.75 Å². The summed E-state index contributed by atoms with van der Waals surface area (Å²) in [4.78, 5) is 22.8. The van der Waals surface area contributed by atoms with E-state index < -0.39 is 17.8 Å². The predicted octanol–water partition coefficient (Wildman–Crippen LogP) is 4.38. The zero-order valence-corrected chi connectivity index (χ0v) is 18.8. The lowest BCUT2D eigenvalue weighted by Gasteiger charge is -2.28. The van der Waals surface area contributed by atoms with Gasteiger partial charge in [0.15, 0.2) is 5.75 Å². The highest BCUT2D eigenvalue weighted by Gasteiger charge is 2.36. The highest BCUT2D eigenvalue weighted by Crippen LogP contribution is 2.42. The third-order valence-corrected chi connectivity index (χ3v) is 5.78. The minimum Gasteiger partial charge on any atom is -0.492 e. The molecule has 1 aliphatic rings. The van der Waals surface area contributed by atoms with Crippen molar-refractivity contribution in [2.75, 3.05) is 31.4 Å². The van der Waals surface area contributed by atoms with Crippen molar-refractivity contribution in [3.05, 3.63) is 30.1 Å². The molecule has 1 aliphatic heterocycles. The normalized spacial score (nSPS) is 18.5. The van der Waals surface area contributed by atoms with Crippen LogP contribution in [0.15, 0.2) is 24.5 Å². The largest absolute Gasteiger partial charge is 0.492 e. The fourth-order valence-electron chi connectivity index (χ4n) is 4.01. The molecule has 0 saturated carbocycles. The molecule has 0 aliphatic carbocycles. The van der Waals surface area contributed by atoms with Gasteiger partial charge in [-0.15, -0.1) is 0 Å². The van der Waals surface area contributed by atoms with Crippen LogP contribution in [0.3, 0.4) is 0 Å². The molecule has 1 amide bonds. The van der Waals surface area contributed by atoms with Crippen molar-refractivity contribution >= 4 is 28.6 Å². The molecule has 182 valence electrons. The average Bonchev–Trinajstić information content (AvgIpc) is 3.23. The fourth-order valence-corrected chi connectivity index (χ4v) is 4.01. The van der Waals surface area contributed by atoms with Crippen LogP contribution in [0.1, 0.15) is 25.3 Å². The predicted molar refractivity (Wildman–Crippen MR) is 121 cm³/mol. The Bertz CT molecular complexity index is 1190. The molecule has 3 aromatic rings. The number of carbonyl (C=O) groups excluding carboxylic acids is 1. The van der Waals surface area contributed by atoms with Crippen LogP contribution in [0, 0.1) is 0 Å². The number of hydrogen-bond donors (Lipinski definition) is 4. The number of rotatable bonds is 5. The van der Waals surface area contributed by atoms with E-state index in [0.717, 1.165) is 19.0 Å². The molecule has 1 saturated heterocycles. The van der Waals surface area contributed by atoms with Crippen molar-refractivity contribution in [3.8, 4) is 17.0 Å². The summed E-state index contributed by atoms with van der Waals surface area (Å²) in [6.07, 6.45) is -1.34. The molecule has 4 N–H and O–H groups in total. The Hall–Kier alpha value is -3.54. The summed E-state index contributed by atoms with van der Waals surface area (Å²) in [5.41, 5.74) is -0.284. The van der Waals surface area contributed by atoms with Gasteiger partial charge in [0.05, 0.1) is 31.1 Å². The van der Waals surface area contributed by atoms with Gasteiger partial charge in [-0.05, 0) is 31.9 Å². The van der Waals surface area contributed by atoms with E-state index in [0.29, 0.717) is 29.2 Å². The minimum atomic E-state index is -4.66. The van der Waals surface area contributed by atoms with Gasteiger partial charge in [0.1, 0.15) is 5.56 Å². The Morgan fingerprint density at radius 2 is 2.03 bits per heavy atom. The lowest BCUT2D eigenvalue weighted by Crippen LogP contribution is -2.43. The maximum Gasteiger partial charge on any atom is 0.419 e. The smallest absolute Gasteiger partial charge is 0.419 e. The average molecular weight is 478 g/mol. The number of aromatic amines is 1. The van der Waals surface area contributed by atoms with E-state index in [-0.39, 0.29) is 29.0 Å². The highest BCUT2D eigenvalue weighted by atomic mass is 19.4. The standard InChI is InChI=1S/C22H25F3N6O3/c1-11-4-5-12(8-26-11)29-20-28-10-15(22(23,24)25)17(31-20)14-9-27-18-13(14)6-7-16(19(18)33-2)30-21(32)34-3/h6-7,9-12,26-27H,4-5,8H2,1-3H3,(H,30,32)(H,28,29,31)/t11-,12-/m0/s1. The van der Waals surface area contributed by atoms with Crippen LogP contribution >= 0.6 is 0 Å². The quantitative estimate of drug-likeness (QED) is 0.430. The molecule has 1 aromatic carbocycles. The lowest BCUT2D eigenvalue weighted by molar-refractivity contribution is -0.137. The third-order valence-electron chi connectivity index (χ3n) is 5.78. The van der Waals surface area contributed by atoms with E-state index >= 15 is 0 Å². The molecule has 0 radical (unpaired) electrons. The number of ether oxygens (including phenoxy) is 2. The number of carbonyl (C=O) groups is 1. The van der Waals surface area contributed by atoms with Crippen molar-refractivity contribution in [1.29, 1.82) is 0 Å². The molecule has 0 unspecified atom stereocenters. The number of anilines is 2. The number of amides is 1. The Balaban J connectivity index is 1.77. The number of piperidine rings is 1. The molecule has 1 fully saturated rings. The van der Waals surface area contributed by atoms with Crippen LogP contribution in [-0.2, 0) is 10.9 Å². The Morgan fingerprint density at radius 3 is 2.68 bits per heavy atom. The van der Waals surface area contributed by atoms with Crippen LogP contribution in [0.25, 0.3) is 22.2 Å². The Labute approximate surface area is 193 Å². The number of fused-ring (bicyclic) bond motifs is 1. The topological polar surface area (TPSA) is 113 Å². The van der Waals surface area contributed by atoms with E-state index in [2.05, 4.69) is 42.6 Å². The van der Waals surface area contributed by atoms with E-state index in [1.807, 2.05) is 0 Å². The summed E-state index contributed by atoms with van der Waals surface area (Å²) in [5, 5.41) is 9.43. The number of halogens is 3. The number of aromatic nitrogens is 3. The van der Waals surface area contributed by atoms with Gasteiger partial charge in [0.2, 0.25) is 5.95 Å². The molecule has 0 bridgehead atoms. The molecule has 0 spiro atoms. The molecular weight excluding hydrogens is 453 g/mol. The zero-order chi connectivity index (χ0) is 24.5. The van der Waals surface area contributed by atoms with Gasteiger partial charge in [-0.1, -0.05) is 0 Å². The second-order valence-corrected chi connectivity index (χ2v) is 8.07.